The molecule has 2 bridgehead atoms. The predicted octanol–water partition coefficient (Wildman–Crippen LogP) is 4.04. The number of hydrogen-bond acceptors (Lipinski definition) is 8. The molecule has 3 aromatic rings. The number of rotatable bonds is 8. The van der Waals surface area contributed by atoms with E-state index in [0.29, 0.717) is 29.1 Å². The number of nitrogens with zero attached hydrogens (tertiary/aromatic N) is 3. The average molecular weight is 506 g/mol. The predicted molar refractivity (Wildman–Crippen MR) is 137 cm³/mol. The van der Waals surface area contributed by atoms with Crippen LogP contribution in [0.25, 0.3) is 21.3 Å². The lowest BCUT2D eigenvalue weighted by molar-refractivity contribution is -0.125. The highest BCUT2D eigenvalue weighted by atomic mass is 32.1. The van der Waals surface area contributed by atoms with Crippen LogP contribution < -0.4 is 10.6 Å². The zero-order chi connectivity index (χ0) is 24.3. The van der Waals surface area contributed by atoms with E-state index in [0.717, 1.165) is 59.4 Å². The molecule has 5 aliphatic carbocycles. The summed E-state index contributed by atoms with van der Waals surface area (Å²) in [4.78, 5) is 26.3. The number of ether oxygens (including phenoxy) is 1. The van der Waals surface area contributed by atoms with Gasteiger partial charge in [0.2, 0.25) is 5.91 Å². The number of fused-ring (bicyclic) bond motifs is 1. The van der Waals surface area contributed by atoms with Gasteiger partial charge in [-0.05, 0) is 75.0 Å². The van der Waals surface area contributed by atoms with Crippen molar-refractivity contribution in [3.8, 4) is 11.1 Å². The number of anilines is 1. The molecule has 0 radical (unpaired) electrons. The van der Waals surface area contributed by atoms with E-state index in [2.05, 4.69) is 31.7 Å². The van der Waals surface area contributed by atoms with E-state index >= 15 is 0 Å². The minimum atomic E-state index is -0.380. The summed E-state index contributed by atoms with van der Waals surface area (Å²) in [5.74, 6) is 1.74. The van der Waals surface area contributed by atoms with Gasteiger partial charge in [0.25, 0.3) is 0 Å². The molecule has 5 fully saturated rings. The van der Waals surface area contributed by atoms with Crippen molar-refractivity contribution in [1.29, 1.82) is 0 Å². The van der Waals surface area contributed by atoms with Crippen molar-refractivity contribution in [2.75, 3.05) is 5.32 Å². The first-order chi connectivity index (χ1) is 17.5. The summed E-state index contributed by atoms with van der Waals surface area (Å²) in [7, 11) is 0. The highest BCUT2D eigenvalue weighted by molar-refractivity contribution is 7.22. The Kier molecular flexibility index (Phi) is 5.57. The quantitative estimate of drug-likeness (QED) is 0.424. The molecule has 0 saturated heterocycles. The first kappa shape index (κ1) is 22.7. The summed E-state index contributed by atoms with van der Waals surface area (Å²) in [6.45, 7) is 0.304. The minimum absolute atomic E-state index is 0.0778. The fourth-order valence-electron chi connectivity index (χ4n) is 6.26. The lowest BCUT2D eigenvalue weighted by Gasteiger charge is -2.64. The summed E-state index contributed by atoms with van der Waals surface area (Å²) >= 11 is 1.50. The topological polar surface area (TPSA) is 109 Å². The Hall–Kier alpha value is -2.46. The Morgan fingerprint density at radius 1 is 1.14 bits per heavy atom. The SMILES string of the molecule is O=C(Nc1nc2ccc(-c3cnc(CO[C@H]4CCC[C@@H]4O)nc3)cc2s1)C1CC(NC23CC(C2)C3)C1. The molecule has 1 amide bonds. The Morgan fingerprint density at radius 2 is 1.94 bits per heavy atom. The third-order valence-electron chi connectivity index (χ3n) is 8.56. The summed E-state index contributed by atoms with van der Waals surface area (Å²) in [6, 6.07) is 6.54. The second-order valence-corrected chi connectivity index (χ2v) is 12.2. The molecule has 188 valence electrons. The molecule has 1 aromatic carbocycles. The van der Waals surface area contributed by atoms with Crippen molar-refractivity contribution in [1.82, 2.24) is 20.3 Å². The van der Waals surface area contributed by atoms with E-state index in [1.54, 1.807) is 12.4 Å². The average Bonchev–Trinajstić information content (AvgIpc) is 3.39. The van der Waals surface area contributed by atoms with Gasteiger partial charge in [0, 0.05) is 35.5 Å². The molecular weight excluding hydrogens is 474 g/mol. The van der Waals surface area contributed by atoms with Gasteiger partial charge in [0.15, 0.2) is 11.0 Å². The molecule has 2 aromatic heterocycles. The number of aliphatic hydroxyl groups excluding tert-OH is 1. The third-order valence-corrected chi connectivity index (χ3v) is 9.49. The van der Waals surface area contributed by atoms with E-state index in [1.807, 2.05) is 12.1 Å². The number of aliphatic hydroxyl groups is 1. The second-order valence-electron chi connectivity index (χ2n) is 11.2. The summed E-state index contributed by atoms with van der Waals surface area (Å²) < 4.78 is 6.80. The van der Waals surface area contributed by atoms with Gasteiger partial charge in [-0.25, -0.2) is 15.0 Å². The number of benzene rings is 1. The molecule has 0 spiro atoms. The molecule has 5 aliphatic rings. The van der Waals surface area contributed by atoms with Crippen LogP contribution in [0.3, 0.4) is 0 Å². The molecule has 5 saturated carbocycles. The van der Waals surface area contributed by atoms with Crippen LogP contribution in [0.5, 0.6) is 0 Å². The van der Waals surface area contributed by atoms with E-state index < -0.39 is 0 Å². The van der Waals surface area contributed by atoms with Crippen molar-refractivity contribution in [3.63, 3.8) is 0 Å². The maximum absolute atomic E-state index is 12.7. The summed E-state index contributed by atoms with van der Waals surface area (Å²) in [6.07, 6.45) is 11.7. The normalized spacial score (nSPS) is 32.5. The highest BCUT2D eigenvalue weighted by Crippen LogP contribution is 2.57. The number of thiazole rings is 1. The molecule has 0 unspecified atom stereocenters. The summed E-state index contributed by atoms with van der Waals surface area (Å²) in [5.41, 5.74) is 3.22. The Labute approximate surface area is 213 Å². The first-order valence-electron chi connectivity index (χ1n) is 13.1. The maximum atomic E-state index is 12.7. The largest absolute Gasteiger partial charge is 0.390 e. The van der Waals surface area contributed by atoms with Gasteiger partial charge in [-0.3, -0.25) is 4.79 Å². The van der Waals surface area contributed by atoms with Gasteiger partial charge in [-0.15, -0.1) is 0 Å². The summed E-state index contributed by atoms with van der Waals surface area (Å²) in [5, 5.41) is 17.4. The molecular formula is C27H31N5O3S. The van der Waals surface area contributed by atoms with E-state index in [4.69, 9.17) is 4.74 Å². The van der Waals surface area contributed by atoms with Crippen molar-refractivity contribution in [3.05, 3.63) is 36.4 Å². The van der Waals surface area contributed by atoms with Crippen LogP contribution in [-0.4, -0.2) is 49.8 Å². The van der Waals surface area contributed by atoms with Crippen LogP contribution in [0.1, 0.15) is 57.2 Å². The second kappa shape index (κ2) is 8.83. The van der Waals surface area contributed by atoms with Crippen molar-refractivity contribution in [2.45, 2.75) is 81.8 Å². The first-order valence-corrected chi connectivity index (χ1v) is 13.9. The van der Waals surface area contributed by atoms with Crippen LogP contribution in [-0.2, 0) is 16.1 Å². The number of hydrogen-bond donors (Lipinski definition) is 3. The number of carbonyl (C=O) groups excluding carboxylic acids is 1. The van der Waals surface area contributed by atoms with Crippen molar-refractivity contribution < 1.29 is 14.6 Å². The van der Waals surface area contributed by atoms with Gasteiger partial charge in [0.1, 0.15) is 6.61 Å². The Balaban J connectivity index is 0.952. The monoisotopic (exact) mass is 505 g/mol. The van der Waals surface area contributed by atoms with Crippen LogP contribution in [0.15, 0.2) is 30.6 Å². The molecule has 3 N–H and O–H groups in total. The number of nitrogens with one attached hydrogen (secondary N) is 2. The zero-order valence-electron chi connectivity index (χ0n) is 20.2. The molecule has 8 nitrogen and oxygen atoms in total. The maximum Gasteiger partial charge on any atom is 0.229 e. The molecule has 2 atom stereocenters. The zero-order valence-corrected chi connectivity index (χ0v) is 21.0. The molecule has 0 aliphatic heterocycles. The van der Waals surface area contributed by atoms with Crippen LogP contribution in [0.2, 0.25) is 0 Å². The Morgan fingerprint density at radius 3 is 2.64 bits per heavy atom. The van der Waals surface area contributed by atoms with Crippen LogP contribution in [0.4, 0.5) is 5.13 Å². The standard InChI is InChI=1S/C27H31N5O3S/c33-21-2-1-3-22(21)35-14-24-28-12-18(13-29-24)16-4-5-20-23(8-16)36-26(30-20)31-25(34)17-6-19(7-17)32-27-9-15(10-27)11-27/h4-5,8,12-13,15,17,19,21-22,32-33H,1-3,6-7,9-11,14H2,(H,30,31,34)/t15?,17?,19?,21-,22-,27?/m0/s1. The van der Waals surface area contributed by atoms with Gasteiger partial charge < -0.3 is 20.5 Å². The molecule has 9 heteroatoms. The van der Waals surface area contributed by atoms with Crippen molar-refractivity contribution >= 4 is 32.6 Å². The van der Waals surface area contributed by atoms with Gasteiger partial charge in [-0.2, -0.15) is 0 Å². The van der Waals surface area contributed by atoms with E-state index in [1.165, 1.54) is 30.6 Å². The number of amides is 1. The van der Waals surface area contributed by atoms with Gasteiger partial charge >= 0.3 is 0 Å². The number of carbonyl (C=O) groups is 1. The Bertz CT molecular complexity index is 1270. The smallest absolute Gasteiger partial charge is 0.229 e. The van der Waals surface area contributed by atoms with E-state index in [-0.39, 0.29) is 24.0 Å². The fourth-order valence-corrected chi connectivity index (χ4v) is 7.17. The van der Waals surface area contributed by atoms with Gasteiger partial charge in [0.05, 0.1) is 22.4 Å². The highest BCUT2D eigenvalue weighted by Gasteiger charge is 2.57. The molecule has 2 heterocycles. The lowest BCUT2D eigenvalue weighted by atomic mass is 9.49. The van der Waals surface area contributed by atoms with Crippen molar-refractivity contribution in [2.24, 2.45) is 11.8 Å². The van der Waals surface area contributed by atoms with Gasteiger partial charge in [-0.1, -0.05) is 17.4 Å². The third kappa shape index (κ3) is 4.22. The van der Waals surface area contributed by atoms with Crippen LogP contribution in [0, 0.1) is 11.8 Å². The lowest BCUT2D eigenvalue weighted by Crippen LogP contribution is -2.70. The van der Waals surface area contributed by atoms with Crippen LogP contribution >= 0.6 is 11.3 Å². The minimum Gasteiger partial charge on any atom is -0.390 e. The molecule has 8 rings (SSSR count). The van der Waals surface area contributed by atoms with E-state index in [9.17, 15) is 9.90 Å². The number of aromatic nitrogens is 3. The fraction of sp³-hybridized carbons (Fsp3) is 0.556. The molecule has 36 heavy (non-hydrogen) atoms.